The van der Waals surface area contributed by atoms with Crippen LogP contribution in [0, 0.1) is 0 Å². The van der Waals surface area contributed by atoms with E-state index < -0.39 is 0 Å². The van der Waals surface area contributed by atoms with Gasteiger partial charge in [0.1, 0.15) is 0 Å². The van der Waals surface area contributed by atoms with Crippen LogP contribution in [0.25, 0.3) is 21.9 Å². The number of carbonyl (C=O) groups is 1. The molecule has 2 aromatic carbocycles. The van der Waals surface area contributed by atoms with E-state index in [0.717, 1.165) is 16.4 Å². The number of anilines is 1. The Balaban J connectivity index is 1.74. The topological polar surface area (TPSA) is 79.9 Å². The van der Waals surface area contributed by atoms with E-state index in [9.17, 15) is 4.79 Å². The second kappa shape index (κ2) is 5.66. The molecule has 0 aliphatic heterocycles. The van der Waals surface area contributed by atoms with Crippen molar-refractivity contribution in [2.45, 2.75) is 0 Å². The minimum Gasteiger partial charge on any atom is -0.481 e. The van der Waals surface area contributed by atoms with Crippen molar-refractivity contribution < 1.29 is 9.53 Å². The molecule has 2 heterocycles. The zero-order valence-electron chi connectivity index (χ0n) is 12.9. The number of imidazole rings is 1. The number of nitrogens with one attached hydrogen (secondary N) is 2. The van der Waals surface area contributed by atoms with Gasteiger partial charge in [-0.15, -0.1) is 0 Å². The standard InChI is InChI=1S/C18H14N4O2/c1-24-16-10-12(11-6-2-3-7-13(11)19-16)17(23)22-18-20-14-8-4-5-9-15(14)21-18/h2-10H,1H3,(H2,20,21,22,23). The SMILES string of the molecule is COc1cc(C(=O)Nc2nc3ccccc3[nH]2)c2ccccc2n1. The predicted molar refractivity (Wildman–Crippen MR) is 92.3 cm³/mol. The molecular weight excluding hydrogens is 304 g/mol. The van der Waals surface area contributed by atoms with Crippen LogP contribution in [0.2, 0.25) is 0 Å². The monoisotopic (exact) mass is 318 g/mol. The third-order valence-electron chi connectivity index (χ3n) is 3.77. The van der Waals surface area contributed by atoms with E-state index in [2.05, 4.69) is 20.3 Å². The second-order valence-corrected chi connectivity index (χ2v) is 5.29. The summed E-state index contributed by atoms with van der Waals surface area (Å²) in [6.45, 7) is 0. The Morgan fingerprint density at radius 3 is 2.58 bits per heavy atom. The number of para-hydroxylation sites is 3. The number of ether oxygens (including phenoxy) is 1. The molecule has 0 aliphatic carbocycles. The fourth-order valence-corrected chi connectivity index (χ4v) is 2.63. The maximum absolute atomic E-state index is 12.7. The van der Waals surface area contributed by atoms with Gasteiger partial charge >= 0.3 is 0 Å². The maximum atomic E-state index is 12.7. The van der Waals surface area contributed by atoms with Crippen molar-refractivity contribution in [3.63, 3.8) is 0 Å². The van der Waals surface area contributed by atoms with Gasteiger partial charge < -0.3 is 9.72 Å². The number of aromatic amines is 1. The number of carbonyl (C=O) groups excluding carboxylic acids is 1. The molecule has 1 amide bonds. The minimum atomic E-state index is -0.272. The molecule has 0 aliphatic rings. The highest BCUT2D eigenvalue weighted by Crippen LogP contribution is 2.23. The van der Waals surface area contributed by atoms with Crippen LogP contribution < -0.4 is 10.1 Å². The van der Waals surface area contributed by atoms with Gasteiger partial charge in [0.15, 0.2) is 0 Å². The van der Waals surface area contributed by atoms with Crippen molar-refractivity contribution >= 4 is 33.8 Å². The van der Waals surface area contributed by atoms with Gasteiger partial charge in [-0.3, -0.25) is 10.1 Å². The normalized spacial score (nSPS) is 10.9. The lowest BCUT2D eigenvalue weighted by atomic mass is 10.1. The summed E-state index contributed by atoms with van der Waals surface area (Å²) in [5.41, 5.74) is 2.85. The Morgan fingerprint density at radius 1 is 1.04 bits per heavy atom. The van der Waals surface area contributed by atoms with Crippen LogP contribution in [0.3, 0.4) is 0 Å². The van der Waals surface area contributed by atoms with Crippen molar-refractivity contribution in [2.75, 3.05) is 12.4 Å². The number of hydrogen-bond donors (Lipinski definition) is 2. The molecule has 6 heteroatoms. The number of nitrogens with zero attached hydrogens (tertiary/aromatic N) is 2. The lowest BCUT2D eigenvalue weighted by molar-refractivity contribution is 0.102. The van der Waals surface area contributed by atoms with E-state index in [1.54, 1.807) is 6.07 Å². The average molecular weight is 318 g/mol. The fourth-order valence-electron chi connectivity index (χ4n) is 2.63. The highest BCUT2D eigenvalue weighted by atomic mass is 16.5. The minimum absolute atomic E-state index is 0.272. The van der Waals surface area contributed by atoms with Gasteiger partial charge in [-0.25, -0.2) is 9.97 Å². The number of pyridine rings is 1. The first-order valence-electron chi connectivity index (χ1n) is 7.44. The van der Waals surface area contributed by atoms with E-state index in [4.69, 9.17) is 4.74 Å². The molecule has 0 bridgehead atoms. The van der Waals surface area contributed by atoms with Gasteiger partial charge in [0.2, 0.25) is 11.8 Å². The fraction of sp³-hybridized carbons (Fsp3) is 0.0556. The lowest BCUT2D eigenvalue weighted by Gasteiger charge is -2.08. The molecule has 0 radical (unpaired) electrons. The molecule has 0 unspecified atom stereocenters. The van der Waals surface area contributed by atoms with E-state index in [0.29, 0.717) is 22.9 Å². The zero-order valence-corrected chi connectivity index (χ0v) is 12.9. The number of methoxy groups -OCH3 is 1. The molecular formula is C18H14N4O2. The van der Waals surface area contributed by atoms with Crippen LogP contribution in [0.15, 0.2) is 54.6 Å². The van der Waals surface area contributed by atoms with E-state index in [1.807, 2.05) is 48.5 Å². The van der Waals surface area contributed by atoms with Crippen LogP contribution in [0.4, 0.5) is 5.95 Å². The van der Waals surface area contributed by atoms with Gasteiger partial charge in [-0.1, -0.05) is 30.3 Å². The molecule has 0 atom stereocenters. The zero-order chi connectivity index (χ0) is 16.5. The molecule has 6 nitrogen and oxygen atoms in total. The summed E-state index contributed by atoms with van der Waals surface area (Å²) in [7, 11) is 1.53. The van der Waals surface area contributed by atoms with Crippen molar-refractivity contribution in [1.29, 1.82) is 0 Å². The molecule has 2 aromatic heterocycles. The number of hydrogen-bond acceptors (Lipinski definition) is 4. The Bertz CT molecular complexity index is 1020. The van der Waals surface area contributed by atoms with Crippen LogP contribution in [0.1, 0.15) is 10.4 Å². The number of amides is 1. The maximum Gasteiger partial charge on any atom is 0.258 e. The summed E-state index contributed by atoms with van der Waals surface area (Å²) >= 11 is 0. The van der Waals surface area contributed by atoms with Gasteiger partial charge in [0, 0.05) is 11.5 Å². The van der Waals surface area contributed by atoms with E-state index >= 15 is 0 Å². The van der Waals surface area contributed by atoms with Crippen molar-refractivity contribution in [1.82, 2.24) is 15.0 Å². The Morgan fingerprint density at radius 2 is 1.79 bits per heavy atom. The third-order valence-corrected chi connectivity index (χ3v) is 3.77. The van der Waals surface area contributed by atoms with Gasteiger partial charge in [-0.2, -0.15) is 0 Å². The Kier molecular flexibility index (Phi) is 3.35. The van der Waals surface area contributed by atoms with Crippen LogP contribution in [-0.4, -0.2) is 28.0 Å². The molecule has 2 N–H and O–H groups in total. The quantitative estimate of drug-likeness (QED) is 0.607. The smallest absolute Gasteiger partial charge is 0.258 e. The molecule has 4 rings (SSSR count). The number of H-pyrrole nitrogens is 1. The summed E-state index contributed by atoms with van der Waals surface area (Å²) in [4.78, 5) is 24.5. The average Bonchev–Trinajstić information content (AvgIpc) is 3.02. The Labute approximate surface area is 137 Å². The summed E-state index contributed by atoms with van der Waals surface area (Å²) in [5.74, 6) is 0.524. The van der Waals surface area contributed by atoms with E-state index in [1.165, 1.54) is 7.11 Å². The molecule has 24 heavy (non-hydrogen) atoms. The first-order chi connectivity index (χ1) is 11.7. The summed E-state index contributed by atoms with van der Waals surface area (Å²) < 4.78 is 5.20. The number of fused-ring (bicyclic) bond motifs is 2. The van der Waals surface area contributed by atoms with E-state index in [-0.39, 0.29) is 5.91 Å². The van der Waals surface area contributed by atoms with Crippen molar-refractivity contribution in [3.05, 3.63) is 60.2 Å². The second-order valence-electron chi connectivity index (χ2n) is 5.29. The third kappa shape index (κ3) is 2.44. The van der Waals surface area contributed by atoms with Gasteiger partial charge in [0.25, 0.3) is 5.91 Å². The number of rotatable bonds is 3. The number of benzene rings is 2. The number of aromatic nitrogens is 3. The lowest BCUT2D eigenvalue weighted by Crippen LogP contribution is -2.14. The van der Waals surface area contributed by atoms with Gasteiger partial charge in [0.05, 0.1) is 29.2 Å². The predicted octanol–water partition coefficient (Wildman–Crippen LogP) is 3.37. The van der Waals surface area contributed by atoms with Crippen LogP contribution in [-0.2, 0) is 0 Å². The van der Waals surface area contributed by atoms with Crippen molar-refractivity contribution in [3.8, 4) is 5.88 Å². The molecule has 0 fully saturated rings. The first-order valence-corrected chi connectivity index (χ1v) is 7.44. The van der Waals surface area contributed by atoms with Crippen LogP contribution >= 0.6 is 0 Å². The van der Waals surface area contributed by atoms with Crippen LogP contribution in [0.5, 0.6) is 5.88 Å². The molecule has 0 saturated carbocycles. The Hall–Kier alpha value is -3.41. The molecule has 4 aromatic rings. The summed E-state index contributed by atoms with van der Waals surface area (Å²) in [6.07, 6.45) is 0. The highest BCUT2D eigenvalue weighted by Gasteiger charge is 2.15. The molecule has 118 valence electrons. The largest absolute Gasteiger partial charge is 0.481 e. The molecule has 0 saturated heterocycles. The van der Waals surface area contributed by atoms with Gasteiger partial charge in [-0.05, 0) is 18.2 Å². The summed E-state index contributed by atoms with van der Waals surface area (Å²) in [6, 6.07) is 16.7. The molecule has 0 spiro atoms. The first kappa shape index (κ1) is 14.2. The van der Waals surface area contributed by atoms with Crippen molar-refractivity contribution in [2.24, 2.45) is 0 Å². The highest BCUT2D eigenvalue weighted by molar-refractivity contribution is 6.12. The summed E-state index contributed by atoms with van der Waals surface area (Å²) in [5, 5.41) is 3.56.